The van der Waals surface area contributed by atoms with Gasteiger partial charge in [0.05, 0.1) is 37.8 Å². The van der Waals surface area contributed by atoms with E-state index in [1.807, 2.05) is 4.72 Å². The summed E-state index contributed by atoms with van der Waals surface area (Å²) in [5.41, 5.74) is -3.49. The minimum atomic E-state index is -5.84. The Morgan fingerprint density at radius 1 is 0.961 bits per heavy atom. The normalized spacial score (nSPS) is 16.7. The molecule has 0 spiro atoms. The summed E-state index contributed by atoms with van der Waals surface area (Å²) in [4.78, 5) is 33.5. The van der Waals surface area contributed by atoms with Gasteiger partial charge in [-0.05, 0) is 82.0 Å². The van der Waals surface area contributed by atoms with Gasteiger partial charge in [0, 0.05) is 0 Å². The summed E-state index contributed by atoms with van der Waals surface area (Å²) in [5.74, 6) is -4.61. The highest BCUT2D eigenvalue weighted by molar-refractivity contribution is 8.24. The summed E-state index contributed by atoms with van der Waals surface area (Å²) in [5, 5.41) is -0.327. The molecule has 1 amide bonds. The Bertz CT molecular complexity index is 2110. The molecule has 24 heteroatoms. The summed E-state index contributed by atoms with van der Waals surface area (Å²) >= 11 is 6.32. The van der Waals surface area contributed by atoms with Gasteiger partial charge in [0.2, 0.25) is 0 Å². The first-order valence-electron chi connectivity index (χ1n) is 13.6. The predicted octanol–water partition coefficient (Wildman–Crippen LogP) is 6.77. The molecular weight excluding hydrogens is 777 g/mol. The number of anilines is 1. The lowest BCUT2D eigenvalue weighted by atomic mass is 10.1. The standard InChI is InChI=1S/C27H19ClF9N5O7S2/c28-17-9-13(1-8-20(17)41-12-22(43)40-51(41,47)48)10-21(23-38-18-7-4-15(26(32,33)34)11-19(18)39-23)42(49-24(44)27(35,36)37)50(45,46)16-5-2-14(3-6-16)25(29,30)31/h1-9,11,21,47-48H,10,12H2,(H,38,39)(H,40,43). The summed E-state index contributed by atoms with van der Waals surface area (Å²) in [7, 11) is -9.47. The second-order valence-electron chi connectivity index (χ2n) is 10.6. The molecule has 4 N–H and O–H groups in total. The number of imidazole rings is 1. The number of amides is 1. The first-order chi connectivity index (χ1) is 23.4. The number of H-pyrrole nitrogens is 1. The lowest BCUT2D eigenvalue weighted by molar-refractivity contribution is -0.227. The Kier molecular flexibility index (Phi) is 9.70. The van der Waals surface area contributed by atoms with Crippen LogP contribution in [0.2, 0.25) is 5.02 Å². The minimum absolute atomic E-state index is 0.101. The highest BCUT2D eigenvalue weighted by atomic mass is 35.5. The van der Waals surface area contributed by atoms with Gasteiger partial charge in [0.25, 0.3) is 15.9 Å². The van der Waals surface area contributed by atoms with Crippen LogP contribution in [-0.2, 0) is 43.2 Å². The molecule has 4 aromatic rings. The summed E-state index contributed by atoms with van der Waals surface area (Å²) in [6, 6.07) is 4.37. The Balaban J connectivity index is 1.67. The number of hydrogen-bond acceptors (Lipinski definition) is 9. The van der Waals surface area contributed by atoms with Crippen molar-refractivity contribution in [1.29, 1.82) is 0 Å². The number of fused-ring (bicyclic) bond motifs is 1. The molecule has 1 aromatic heterocycles. The van der Waals surface area contributed by atoms with Gasteiger partial charge in [-0.2, -0.15) is 39.5 Å². The maximum Gasteiger partial charge on any atom is 0.492 e. The zero-order chi connectivity index (χ0) is 37.9. The first-order valence-corrected chi connectivity index (χ1v) is 16.9. The molecule has 1 aliphatic heterocycles. The molecule has 12 nitrogen and oxygen atoms in total. The molecule has 1 unspecified atom stereocenters. The van der Waals surface area contributed by atoms with E-state index in [-0.39, 0.29) is 33.9 Å². The number of aromatic amines is 1. The number of sulfonamides is 1. The Morgan fingerprint density at radius 2 is 1.57 bits per heavy atom. The van der Waals surface area contributed by atoms with E-state index in [9.17, 15) is 66.6 Å². The molecule has 51 heavy (non-hydrogen) atoms. The van der Waals surface area contributed by atoms with Crippen LogP contribution in [0, 0.1) is 0 Å². The van der Waals surface area contributed by atoms with Gasteiger partial charge < -0.3 is 9.82 Å². The van der Waals surface area contributed by atoms with Crippen molar-refractivity contribution in [1.82, 2.24) is 19.2 Å². The molecule has 1 aliphatic rings. The number of carbonyl (C=O) groups excluding carboxylic acids is 2. The van der Waals surface area contributed by atoms with Crippen molar-refractivity contribution >= 4 is 61.2 Å². The molecule has 0 bridgehead atoms. The number of hydrogen-bond donors (Lipinski definition) is 4. The van der Waals surface area contributed by atoms with E-state index in [0.29, 0.717) is 24.3 Å². The van der Waals surface area contributed by atoms with Gasteiger partial charge in [0.1, 0.15) is 18.4 Å². The van der Waals surface area contributed by atoms with Crippen molar-refractivity contribution in [2.24, 2.45) is 0 Å². The number of aromatic nitrogens is 2. The molecule has 5 rings (SSSR count). The zero-order valence-corrected chi connectivity index (χ0v) is 27.0. The van der Waals surface area contributed by atoms with Gasteiger partial charge in [0.15, 0.2) is 0 Å². The zero-order valence-electron chi connectivity index (χ0n) is 24.6. The van der Waals surface area contributed by atoms with Crippen LogP contribution in [0.1, 0.15) is 28.6 Å². The molecule has 1 atom stereocenters. The molecule has 276 valence electrons. The fourth-order valence-corrected chi connectivity index (χ4v) is 7.68. The van der Waals surface area contributed by atoms with Crippen LogP contribution in [0.3, 0.4) is 0 Å². The van der Waals surface area contributed by atoms with Crippen molar-refractivity contribution in [3.8, 4) is 0 Å². The van der Waals surface area contributed by atoms with Crippen molar-refractivity contribution in [2.75, 3.05) is 10.8 Å². The number of carbonyl (C=O) groups is 2. The number of halogens is 10. The van der Waals surface area contributed by atoms with E-state index in [1.165, 1.54) is 0 Å². The number of nitrogens with zero attached hydrogens (tertiary/aromatic N) is 3. The summed E-state index contributed by atoms with van der Waals surface area (Å²) < 4.78 is 171. The second-order valence-corrected chi connectivity index (χ2v) is 14.5. The van der Waals surface area contributed by atoms with Crippen molar-refractivity contribution in [3.05, 3.63) is 88.2 Å². The Labute approximate surface area is 286 Å². The van der Waals surface area contributed by atoms with Crippen molar-refractivity contribution in [2.45, 2.75) is 35.9 Å². The van der Waals surface area contributed by atoms with Crippen LogP contribution < -0.4 is 9.03 Å². The largest absolute Gasteiger partial charge is 0.492 e. The van der Waals surface area contributed by atoms with Crippen LogP contribution in [0.25, 0.3) is 11.0 Å². The predicted molar refractivity (Wildman–Crippen MR) is 160 cm³/mol. The lowest BCUT2D eigenvalue weighted by Gasteiger charge is -2.36. The molecule has 0 saturated carbocycles. The molecule has 1 fully saturated rings. The van der Waals surface area contributed by atoms with E-state index >= 15 is 0 Å². The van der Waals surface area contributed by atoms with Crippen LogP contribution in [-0.4, -0.2) is 56.6 Å². The molecule has 0 radical (unpaired) electrons. The average Bonchev–Trinajstić information content (AvgIpc) is 3.55. The average molecular weight is 796 g/mol. The molecule has 0 aliphatic carbocycles. The number of rotatable bonds is 8. The van der Waals surface area contributed by atoms with Gasteiger partial charge in [-0.3, -0.25) is 13.9 Å². The quantitative estimate of drug-likeness (QED) is 0.111. The first kappa shape index (κ1) is 38.0. The monoisotopic (exact) mass is 795 g/mol. The van der Waals surface area contributed by atoms with E-state index in [1.54, 1.807) is 0 Å². The fourth-order valence-electron chi connectivity index (χ4n) is 4.75. The maximum absolute atomic E-state index is 13.8. The topological polar surface area (TPSA) is 165 Å². The van der Waals surface area contributed by atoms with Gasteiger partial charge in [-0.1, -0.05) is 17.7 Å². The van der Waals surface area contributed by atoms with Crippen LogP contribution in [0.5, 0.6) is 0 Å². The highest BCUT2D eigenvalue weighted by Crippen LogP contribution is 2.48. The van der Waals surface area contributed by atoms with E-state index in [2.05, 4.69) is 14.8 Å². The molecule has 1 saturated heterocycles. The number of alkyl halides is 9. The third-order valence-electron chi connectivity index (χ3n) is 7.07. The van der Waals surface area contributed by atoms with Crippen LogP contribution >= 0.6 is 22.6 Å². The SMILES string of the molecule is O=C1CN(c2ccc(CC(c3nc4cc(C(F)(F)F)ccc4[nH]3)N(OC(=O)C(F)(F)F)S(=O)(=O)c3ccc(C(F)(F)F)cc3)cc2Cl)S(O)(O)N1. The Hall–Kier alpha value is -4.29. The van der Waals surface area contributed by atoms with E-state index in [0.717, 1.165) is 28.6 Å². The van der Waals surface area contributed by atoms with Gasteiger partial charge >= 0.3 is 24.5 Å². The van der Waals surface area contributed by atoms with Crippen LogP contribution in [0.15, 0.2) is 65.6 Å². The van der Waals surface area contributed by atoms with E-state index in [4.69, 9.17) is 11.6 Å². The third-order valence-corrected chi connectivity index (χ3v) is 10.5. The molecule has 3 aromatic carbocycles. The second kappa shape index (κ2) is 13.0. The van der Waals surface area contributed by atoms with E-state index < -0.39 is 102 Å². The number of benzene rings is 3. The lowest BCUT2D eigenvalue weighted by Crippen LogP contribution is -2.42. The number of nitrogens with one attached hydrogen (secondary N) is 2. The highest BCUT2D eigenvalue weighted by Gasteiger charge is 2.48. The van der Waals surface area contributed by atoms with Crippen molar-refractivity contribution < 1.29 is 71.5 Å². The molecular formula is C27H19ClF9N5O7S2. The minimum Gasteiger partial charge on any atom is -0.344 e. The number of hydroxylamine groups is 1. The van der Waals surface area contributed by atoms with Crippen molar-refractivity contribution in [3.63, 3.8) is 0 Å². The fraction of sp³-hybridized carbons (Fsp3) is 0.222. The summed E-state index contributed by atoms with van der Waals surface area (Å²) in [6.07, 6.45) is -16.5. The maximum atomic E-state index is 13.8. The van der Waals surface area contributed by atoms with Gasteiger partial charge in [-0.15, -0.1) is 0 Å². The summed E-state index contributed by atoms with van der Waals surface area (Å²) in [6.45, 7) is -0.574. The third kappa shape index (κ3) is 7.97. The smallest absolute Gasteiger partial charge is 0.344 e. The molecule has 2 heterocycles. The van der Waals surface area contributed by atoms with Gasteiger partial charge in [-0.25, -0.2) is 27.2 Å². The van der Waals surface area contributed by atoms with Crippen LogP contribution in [0.4, 0.5) is 45.2 Å². The Morgan fingerprint density at radius 3 is 2.10 bits per heavy atom.